The Morgan fingerprint density at radius 3 is 2.45 bits per heavy atom. The first kappa shape index (κ1) is 28.1. The van der Waals surface area contributed by atoms with Crippen LogP contribution in [0, 0.1) is 17.7 Å². The van der Waals surface area contributed by atoms with Crippen molar-refractivity contribution in [3.05, 3.63) is 95.3 Å². The van der Waals surface area contributed by atoms with E-state index in [0.29, 0.717) is 18.1 Å². The third-order valence-electron chi connectivity index (χ3n) is 8.15. The summed E-state index contributed by atoms with van der Waals surface area (Å²) in [5.41, 5.74) is 0.254. The standard InChI is InChI=1S/C32H33F4NO3/c1-20-9-14-27-28(15-20)40-29(19-31(27,2)37-30(38)16-21-10-12-24(33)13-11-21)22-5-3-7-25(17-22)39-26-8-4-6-23(18-26)32(34,35)36/h3-8,10-13,17-18,20,27-29H,9,14-16,19H2,1-2H3,(H,37,38)/t20-,27-,28-,29-,31-/m0/s1. The van der Waals surface area contributed by atoms with Crippen molar-refractivity contribution in [1.29, 1.82) is 0 Å². The van der Waals surface area contributed by atoms with Gasteiger partial charge in [0, 0.05) is 17.9 Å². The van der Waals surface area contributed by atoms with Crippen LogP contribution in [0.2, 0.25) is 0 Å². The highest BCUT2D eigenvalue weighted by atomic mass is 19.4. The van der Waals surface area contributed by atoms with Crippen molar-refractivity contribution in [3.8, 4) is 11.5 Å². The third kappa shape index (κ3) is 6.49. The fourth-order valence-electron chi connectivity index (χ4n) is 6.14. The molecule has 3 aromatic carbocycles. The minimum Gasteiger partial charge on any atom is -0.457 e. The molecule has 8 heteroatoms. The number of nitrogens with one attached hydrogen (secondary N) is 1. The van der Waals surface area contributed by atoms with Crippen molar-refractivity contribution in [1.82, 2.24) is 5.32 Å². The topological polar surface area (TPSA) is 47.6 Å². The molecule has 1 aliphatic carbocycles. The first-order valence-electron chi connectivity index (χ1n) is 13.6. The van der Waals surface area contributed by atoms with Crippen LogP contribution in [0.3, 0.4) is 0 Å². The second-order valence-electron chi connectivity index (χ2n) is 11.4. The van der Waals surface area contributed by atoms with E-state index >= 15 is 0 Å². The van der Waals surface area contributed by atoms with Gasteiger partial charge in [0.2, 0.25) is 5.91 Å². The molecule has 40 heavy (non-hydrogen) atoms. The number of rotatable bonds is 6. The molecule has 2 fully saturated rings. The molecular formula is C32H33F4NO3. The Balaban J connectivity index is 1.36. The molecule has 3 aromatic rings. The van der Waals surface area contributed by atoms with E-state index in [1.54, 1.807) is 30.3 Å². The first-order chi connectivity index (χ1) is 19.0. The molecule has 0 spiro atoms. The Labute approximate surface area is 231 Å². The number of amides is 1. The third-order valence-corrected chi connectivity index (χ3v) is 8.15. The lowest BCUT2D eigenvalue weighted by atomic mass is 9.66. The Morgan fingerprint density at radius 1 is 1.02 bits per heavy atom. The zero-order valence-electron chi connectivity index (χ0n) is 22.5. The van der Waals surface area contributed by atoms with Gasteiger partial charge in [0.05, 0.1) is 24.2 Å². The average molecular weight is 556 g/mol. The van der Waals surface area contributed by atoms with Crippen LogP contribution in [-0.4, -0.2) is 17.6 Å². The maximum absolute atomic E-state index is 13.3. The lowest BCUT2D eigenvalue weighted by molar-refractivity contribution is -0.153. The molecule has 1 heterocycles. The van der Waals surface area contributed by atoms with Gasteiger partial charge in [-0.3, -0.25) is 4.79 Å². The summed E-state index contributed by atoms with van der Waals surface area (Å²) < 4.78 is 65.2. The monoisotopic (exact) mass is 555 g/mol. The maximum atomic E-state index is 13.3. The average Bonchev–Trinajstić information content (AvgIpc) is 2.89. The molecule has 1 aliphatic heterocycles. The molecule has 2 aliphatic rings. The molecule has 0 bridgehead atoms. The summed E-state index contributed by atoms with van der Waals surface area (Å²) in [4.78, 5) is 13.2. The zero-order chi connectivity index (χ0) is 28.5. The van der Waals surface area contributed by atoms with Crippen LogP contribution in [0.15, 0.2) is 72.8 Å². The molecule has 4 nitrogen and oxygen atoms in total. The van der Waals surface area contributed by atoms with Crippen LogP contribution in [0.1, 0.15) is 62.3 Å². The van der Waals surface area contributed by atoms with E-state index in [1.165, 1.54) is 24.3 Å². The molecule has 5 rings (SSSR count). The van der Waals surface area contributed by atoms with Crippen molar-refractivity contribution >= 4 is 5.91 Å². The van der Waals surface area contributed by atoms with Gasteiger partial charge in [-0.05, 0) is 79.3 Å². The Bertz CT molecular complexity index is 1340. The van der Waals surface area contributed by atoms with Gasteiger partial charge in [-0.25, -0.2) is 4.39 Å². The van der Waals surface area contributed by atoms with E-state index in [-0.39, 0.29) is 42.0 Å². The molecule has 0 aromatic heterocycles. The van der Waals surface area contributed by atoms with Crippen molar-refractivity contribution in [3.63, 3.8) is 0 Å². The number of halogens is 4. The second kappa shape index (κ2) is 11.2. The minimum atomic E-state index is -4.46. The van der Waals surface area contributed by atoms with Crippen LogP contribution in [0.25, 0.3) is 0 Å². The zero-order valence-corrected chi connectivity index (χ0v) is 22.5. The summed E-state index contributed by atoms with van der Waals surface area (Å²) in [5.74, 6) is 0.657. The highest BCUT2D eigenvalue weighted by Crippen LogP contribution is 2.48. The second-order valence-corrected chi connectivity index (χ2v) is 11.4. The molecular weight excluding hydrogens is 522 g/mol. The number of hydrogen-bond donors (Lipinski definition) is 1. The normalized spacial score (nSPS) is 26.6. The molecule has 1 saturated heterocycles. The highest BCUT2D eigenvalue weighted by molar-refractivity contribution is 5.79. The van der Waals surface area contributed by atoms with Crippen molar-refractivity contribution in [2.45, 2.75) is 69.9 Å². The summed E-state index contributed by atoms with van der Waals surface area (Å²) in [6, 6.07) is 17.9. The van der Waals surface area contributed by atoms with E-state index in [1.807, 2.05) is 6.07 Å². The molecule has 1 amide bonds. The Morgan fingerprint density at radius 2 is 1.73 bits per heavy atom. The quantitative estimate of drug-likeness (QED) is 0.313. The van der Waals surface area contributed by atoms with Gasteiger partial charge in [0.25, 0.3) is 0 Å². The lowest BCUT2D eigenvalue weighted by Gasteiger charge is -2.52. The van der Waals surface area contributed by atoms with E-state index in [0.717, 1.165) is 42.5 Å². The number of carbonyl (C=O) groups excluding carboxylic acids is 1. The maximum Gasteiger partial charge on any atom is 0.416 e. The lowest BCUT2D eigenvalue weighted by Crippen LogP contribution is -2.60. The predicted molar refractivity (Wildman–Crippen MR) is 143 cm³/mol. The number of hydrogen-bond acceptors (Lipinski definition) is 3. The molecule has 5 atom stereocenters. The number of alkyl halides is 3. The van der Waals surface area contributed by atoms with E-state index in [9.17, 15) is 22.4 Å². The van der Waals surface area contributed by atoms with E-state index in [4.69, 9.17) is 9.47 Å². The molecule has 1 saturated carbocycles. The van der Waals surface area contributed by atoms with E-state index in [2.05, 4.69) is 19.2 Å². The van der Waals surface area contributed by atoms with Crippen molar-refractivity contribution in [2.24, 2.45) is 11.8 Å². The van der Waals surface area contributed by atoms with Crippen LogP contribution < -0.4 is 10.1 Å². The van der Waals surface area contributed by atoms with Gasteiger partial charge < -0.3 is 14.8 Å². The molecule has 0 unspecified atom stereocenters. The van der Waals surface area contributed by atoms with E-state index < -0.39 is 17.3 Å². The number of carbonyl (C=O) groups is 1. The Hall–Kier alpha value is -3.39. The molecule has 212 valence electrons. The smallest absolute Gasteiger partial charge is 0.416 e. The van der Waals surface area contributed by atoms with Gasteiger partial charge in [-0.2, -0.15) is 13.2 Å². The van der Waals surface area contributed by atoms with Crippen molar-refractivity contribution < 1.29 is 31.8 Å². The summed E-state index contributed by atoms with van der Waals surface area (Å²) in [5, 5.41) is 3.30. The molecule has 1 N–H and O–H groups in total. The SMILES string of the molecule is C[C@H]1CC[C@H]2[C@H](C1)O[C@H](c1cccc(Oc3cccc(C(F)(F)F)c3)c1)C[C@]2(C)NC(=O)Cc1ccc(F)cc1. The fourth-order valence-corrected chi connectivity index (χ4v) is 6.14. The summed E-state index contributed by atoms with van der Waals surface area (Å²) >= 11 is 0. The summed E-state index contributed by atoms with van der Waals surface area (Å²) in [6.07, 6.45) is -1.30. The van der Waals surface area contributed by atoms with Gasteiger partial charge in [0.15, 0.2) is 0 Å². The van der Waals surface area contributed by atoms with Crippen molar-refractivity contribution in [2.75, 3.05) is 0 Å². The number of fused-ring (bicyclic) bond motifs is 1. The predicted octanol–water partition coefficient (Wildman–Crippen LogP) is 8.02. The largest absolute Gasteiger partial charge is 0.457 e. The van der Waals surface area contributed by atoms with Gasteiger partial charge in [0.1, 0.15) is 17.3 Å². The number of benzene rings is 3. The van der Waals surface area contributed by atoms with Crippen LogP contribution in [0.5, 0.6) is 11.5 Å². The highest BCUT2D eigenvalue weighted by Gasteiger charge is 2.49. The molecule has 0 radical (unpaired) electrons. The van der Waals surface area contributed by atoms with Gasteiger partial charge >= 0.3 is 6.18 Å². The van der Waals surface area contributed by atoms with Crippen LogP contribution >= 0.6 is 0 Å². The Kier molecular flexibility index (Phi) is 7.91. The minimum absolute atomic E-state index is 0.0494. The van der Waals surface area contributed by atoms with Gasteiger partial charge in [-0.15, -0.1) is 0 Å². The summed E-state index contributed by atoms with van der Waals surface area (Å²) in [7, 11) is 0. The summed E-state index contributed by atoms with van der Waals surface area (Å²) in [6.45, 7) is 4.28. The van der Waals surface area contributed by atoms with Gasteiger partial charge in [-0.1, -0.05) is 43.7 Å². The number of ether oxygens (including phenoxy) is 2. The fraction of sp³-hybridized carbons (Fsp3) is 0.406. The van der Waals surface area contributed by atoms with Crippen LogP contribution in [-0.2, 0) is 22.1 Å². The van der Waals surface area contributed by atoms with Crippen LogP contribution in [0.4, 0.5) is 17.6 Å². The first-order valence-corrected chi connectivity index (χ1v) is 13.6.